The van der Waals surface area contributed by atoms with E-state index in [-0.39, 0.29) is 101 Å². The fourth-order valence-corrected chi connectivity index (χ4v) is 1.43. The van der Waals surface area contributed by atoms with E-state index in [9.17, 15) is 39.6 Å². The number of hydrogen-bond donors (Lipinski definition) is 0. The molecule has 0 radical (unpaired) electrons. The first-order chi connectivity index (χ1) is 10.3. The average Bonchev–Trinajstić information content (AvgIpc) is 2.37. The molecule has 0 N–H and O–H groups in total. The third-order valence-corrected chi connectivity index (χ3v) is 2.52. The number of carbonyl (C=O) groups is 4. The molecule has 0 fully saturated rings. The van der Waals surface area contributed by atoms with E-state index in [1.807, 2.05) is 0 Å². The van der Waals surface area contributed by atoms with Gasteiger partial charge in [-0.25, -0.2) is 0 Å². The molecular formula is C14H20Ca2O8. The van der Waals surface area contributed by atoms with Crippen molar-refractivity contribution in [2.45, 2.75) is 64.2 Å². The number of unbranched alkanes of at least 4 members (excludes halogenated alkanes) is 4. The van der Waals surface area contributed by atoms with Crippen LogP contribution in [0.15, 0.2) is 0 Å². The van der Waals surface area contributed by atoms with Gasteiger partial charge in [0.25, 0.3) is 0 Å². The van der Waals surface area contributed by atoms with Gasteiger partial charge in [-0.15, -0.1) is 0 Å². The number of aliphatic carboxylic acids is 4. The number of carboxylic acids is 4. The number of carbonyl (C=O) groups excluding carboxylic acids is 4. The molecular weight excluding hydrogens is 376 g/mol. The van der Waals surface area contributed by atoms with Crippen molar-refractivity contribution in [2.24, 2.45) is 0 Å². The molecule has 8 nitrogen and oxygen atoms in total. The van der Waals surface area contributed by atoms with Crippen molar-refractivity contribution in [1.29, 1.82) is 0 Å². The summed E-state index contributed by atoms with van der Waals surface area (Å²) in [7, 11) is 0. The van der Waals surface area contributed by atoms with E-state index in [1.54, 1.807) is 0 Å². The molecule has 24 heavy (non-hydrogen) atoms. The zero-order chi connectivity index (χ0) is 17.4. The maximum Gasteiger partial charge on any atom is 2.00 e. The Hall–Kier alpha value is 0.399. The van der Waals surface area contributed by atoms with Crippen LogP contribution in [0, 0.1) is 0 Å². The Morgan fingerprint density at radius 3 is 0.708 bits per heavy atom. The molecule has 0 aliphatic rings. The quantitative estimate of drug-likeness (QED) is 0.239. The van der Waals surface area contributed by atoms with Crippen molar-refractivity contribution in [3.05, 3.63) is 0 Å². The number of carboxylic acid groups (broad SMARTS) is 4. The molecule has 0 saturated heterocycles. The van der Waals surface area contributed by atoms with E-state index < -0.39 is 23.9 Å². The second-order valence-corrected chi connectivity index (χ2v) is 4.61. The summed E-state index contributed by atoms with van der Waals surface area (Å²) in [5.74, 6) is -4.34. The smallest absolute Gasteiger partial charge is 0.550 e. The van der Waals surface area contributed by atoms with Crippen LogP contribution in [0.3, 0.4) is 0 Å². The molecule has 0 unspecified atom stereocenters. The normalized spacial score (nSPS) is 8.67. The summed E-state index contributed by atoms with van der Waals surface area (Å²) in [4.78, 5) is 39.4. The molecule has 0 heterocycles. The van der Waals surface area contributed by atoms with E-state index in [2.05, 4.69) is 0 Å². The molecule has 0 aromatic carbocycles. The Kier molecular flexibility index (Phi) is 31.3. The summed E-state index contributed by atoms with van der Waals surface area (Å²) in [6.45, 7) is 0. The van der Waals surface area contributed by atoms with Crippen molar-refractivity contribution in [3.63, 3.8) is 0 Å². The summed E-state index contributed by atoms with van der Waals surface area (Å²) in [6, 6.07) is 0. The fourth-order valence-electron chi connectivity index (χ4n) is 1.43. The second kappa shape index (κ2) is 23.4. The molecule has 0 bridgehead atoms. The second-order valence-electron chi connectivity index (χ2n) is 4.61. The Balaban J connectivity index is -0.000000154. The largest absolute Gasteiger partial charge is 2.00 e. The van der Waals surface area contributed by atoms with Crippen molar-refractivity contribution < 1.29 is 39.6 Å². The number of rotatable bonds is 12. The minimum Gasteiger partial charge on any atom is -0.550 e. The Bertz CT molecular complexity index is 295. The Morgan fingerprint density at radius 1 is 0.417 bits per heavy atom. The van der Waals surface area contributed by atoms with Crippen molar-refractivity contribution in [2.75, 3.05) is 0 Å². The van der Waals surface area contributed by atoms with Gasteiger partial charge < -0.3 is 39.6 Å². The third kappa shape index (κ3) is 38.1. The number of hydrogen-bond acceptors (Lipinski definition) is 8. The predicted molar refractivity (Wildman–Crippen MR) is 77.7 cm³/mol. The van der Waals surface area contributed by atoms with Crippen LogP contribution >= 0.6 is 0 Å². The van der Waals surface area contributed by atoms with Gasteiger partial charge in [-0.2, -0.15) is 0 Å². The molecule has 0 atom stereocenters. The van der Waals surface area contributed by atoms with Crippen molar-refractivity contribution in [1.82, 2.24) is 0 Å². The molecule has 0 spiro atoms. The minimum atomic E-state index is -1.08. The van der Waals surface area contributed by atoms with E-state index in [1.165, 1.54) is 0 Å². The average molecular weight is 396 g/mol. The Labute approximate surface area is 201 Å². The van der Waals surface area contributed by atoms with Crippen LogP contribution in [0.1, 0.15) is 64.2 Å². The van der Waals surface area contributed by atoms with Gasteiger partial charge in [0.15, 0.2) is 0 Å². The first kappa shape index (κ1) is 32.1. The molecule has 128 valence electrons. The SMILES string of the molecule is O=C([O-])CCCCCC(=O)[O-].O=C([O-])CCCCCC(=O)[O-].[Ca+2].[Ca+2]. The maximum absolute atomic E-state index is 9.86. The molecule has 0 aliphatic heterocycles. The molecule has 0 aromatic rings. The molecule has 10 heteroatoms. The fraction of sp³-hybridized carbons (Fsp3) is 0.714. The topological polar surface area (TPSA) is 161 Å². The predicted octanol–water partition coefficient (Wildman–Crippen LogP) is -3.89. The van der Waals surface area contributed by atoms with Gasteiger partial charge >= 0.3 is 75.5 Å². The van der Waals surface area contributed by atoms with Gasteiger partial charge in [-0.05, 0) is 51.4 Å². The first-order valence-corrected chi connectivity index (χ1v) is 7.05. The molecule has 0 saturated carbocycles. The summed E-state index contributed by atoms with van der Waals surface area (Å²) >= 11 is 0. The zero-order valence-corrected chi connectivity index (χ0v) is 18.2. The Morgan fingerprint density at radius 2 is 0.583 bits per heavy atom. The van der Waals surface area contributed by atoms with Gasteiger partial charge in [0.05, 0.1) is 0 Å². The van der Waals surface area contributed by atoms with E-state index in [0.29, 0.717) is 38.5 Å². The molecule has 0 aromatic heterocycles. The molecule has 0 aliphatic carbocycles. The van der Waals surface area contributed by atoms with Crippen LogP contribution in [-0.2, 0) is 19.2 Å². The van der Waals surface area contributed by atoms with Crippen LogP contribution in [0.2, 0.25) is 0 Å². The first-order valence-electron chi connectivity index (χ1n) is 7.05. The van der Waals surface area contributed by atoms with Gasteiger partial charge in [-0.1, -0.05) is 12.8 Å². The van der Waals surface area contributed by atoms with Crippen LogP contribution in [0.25, 0.3) is 0 Å². The van der Waals surface area contributed by atoms with Crippen LogP contribution < -0.4 is 20.4 Å². The summed E-state index contributed by atoms with van der Waals surface area (Å²) < 4.78 is 0. The summed E-state index contributed by atoms with van der Waals surface area (Å²) in [6.07, 6.45) is 3.15. The van der Waals surface area contributed by atoms with Crippen LogP contribution in [0.5, 0.6) is 0 Å². The summed E-state index contributed by atoms with van der Waals surface area (Å²) in [5, 5.41) is 39.4. The van der Waals surface area contributed by atoms with Crippen molar-refractivity contribution >= 4 is 99.4 Å². The van der Waals surface area contributed by atoms with Crippen molar-refractivity contribution in [3.8, 4) is 0 Å². The van der Waals surface area contributed by atoms with E-state index in [4.69, 9.17) is 0 Å². The van der Waals surface area contributed by atoms with E-state index >= 15 is 0 Å². The maximum atomic E-state index is 9.86. The van der Waals surface area contributed by atoms with Gasteiger partial charge in [0.2, 0.25) is 0 Å². The van der Waals surface area contributed by atoms with E-state index in [0.717, 1.165) is 0 Å². The van der Waals surface area contributed by atoms with Gasteiger partial charge in [-0.3, -0.25) is 0 Å². The molecule has 0 rings (SSSR count). The van der Waals surface area contributed by atoms with Crippen LogP contribution in [-0.4, -0.2) is 99.4 Å². The third-order valence-electron chi connectivity index (χ3n) is 2.52. The van der Waals surface area contributed by atoms with Gasteiger partial charge in [0, 0.05) is 23.9 Å². The van der Waals surface area contributed by atoms with Gasteiger partial charge in [0.1, 0.15) is 0 Å². The summed E-state index contributed by atoms with van der Waals surface area (Å²) in [5.41, 5.74) is 0. The molecule has 0 amide bonds. The minimum absolute atomic E-state index is 0. The zero-order valence-electron chi connectivity index (χ0n) is 13.8. The van der Waals surface area contributed by atoms with Crippen LogP contribution in [0.4, 0.5) is 0 Å². The monoisotopic (exact) mass is 396 g/mol. The standard InChI is InChI=1S/2C7H12O4.2Ca/c2*8-6(9)4-2-1-3-5-7(10)11;;/h2*1-5H2,(H,8,9)(H,10,11);;/q;;2*+2/p-4.